The van der Waals surface area contributed by atoms with E-state index in [1.807, 2.05) is 6.07 Å². The molecule has 0 radical (unpaired) electrons. The van der Waals surface area contributed by atoms with Crippen molar-refractivity contribution in [1.29, 1.82) is 5.26 Å². The van der Waals surface area contributed by atoms with Crippen molar-refractivity contribution < 1.29 is 19.1 Å². The molecular formula is C13H10Cl2N2O4. The van der Waals surface area contributed by atoms with E-state index in [9.17, 15) is 9.59 Å². The number of halogens is 2. The maximum absolute atomic E-state index is 11.6. The van der Waals surface area contributed by atoms with Crippen LogP contribution in [0.5, 0.6) is 0 Å². The van der Waals surface area contributed by atoms with Crippen LogP contribution < -0.4 is 5.32 Å². The van der Waals surface area contributed by atoms with Gasteiger partial charge < -0.3 is 14.8 Å². The summed E-state index contributed by atoms with van der Waals surface area (Å²) in [7, 11) is 2.30. The molecule has 0 heterocycles. The van der Waals surface area contributed by atoms with Crippen molar-refractivity contribution in [2.24, 2.45) is 0 Å². The van der Waals surface area contributed by atoms with Crippen LogP contribution in [0.25, 0.3) is 0 Å². The maximum atomic E-state index is 11.6. The standard InChI is InChI=1S/C13H10Cl2N2O4/c1-20-11(18)5-10(13(19)21-2)17-12-7(6-16)3-8(14)4-9(12)15/h3-5,17H,1-2H3/b10-5+. The summed E-state index contributed by atoms with van der Waals surface area (Å²) in [4.78, 5) is 22.9. The topological polar surface area (TPSA) is 88.4 Å². The molecule has 0 aliphatic heterocycles. The Morgan fingerprint density at radius 1 is 1.29 bits per heavy atom. The second-order valence-electron chi connectivity index (χ2n) is 3.62. The van der Waals surface area contributed by atoms with Gasteiger partial charge in [0.15, 0.2) is 0 Å². The summed E-state index contributed by atoms with van der Waals surface area (Å²) in [6.45, 7) is 0. The number of anilines is 1. The molecule has 8 heteroatoms. The molecule has 0 aliphatic carbocycles. The molecule has 1 rings (SSSR count). The van der Waals surface area contributed by atoms with Gasteiger partial charge in [0.05, 0.1) is 36.6 Å². The van der Waals surface area contributed by atoms with E-state index in [0.29, 0.717) is 0 Å². The molecule has 6 nitrogen and oxygen atoms in total. The van der Waals surface area contributed by atoms with E-state index in [0.717, 1.165) is 20.3 Å². The number of nitrogens with one attached hydrogen (secondary N) is 1. The summed E-state index contributed by atoms with van der Waals surface area (Å²) in [6, 6.07) is 4.63. The molecule has 1 aromatic rings. The number of hydrogen-bond donors (Lipinski definition) is 1. The zero-order chi connectivity index (χ0) is 16.0. The van der Waals surface area contributed by atoms with Crippen LogP contribution in [0.4, 0.5) is 5.69 Å². The molecule has 0 unspecified atom stereocenters. The molecule has 0 aromatic heterocycles. The molecule has 0 saturated heterocycles. The van der Waals surface area contributed by atoms with E-state index < -0.39 is 11.9 Å². The monoisotopic (exact) mass is 328 g/mol. The summed E-state index contributed by atoms with van der Waals surface area (Å²) in [5.74, 6) is -1.60. The number of carbonyl (C=O) groups excluding carboxylic acids is 2. The van der Waals surface area contributed by atoms with Crippen molar-refractivity contribution in [3.63, 3.8) is 0 Å². The first-order chi connectivity index (χ1) is 9.92. The lowest BCUT2D eigenvalue weighted by molar-refractivity contribution is -0.138. The van der Waals surface area contributed by atoms with Crippen LogP contribution in [0.1, 0.15) is 5.56 Å². The molecule has 0 saturated carbocycles. The van der Waals surface area contributed by atoms with E-state index in [-0.39, 0.29) is 27.0 Å². The minimum Gasteiger partial charge on any atom is -0.466 e. The Morgan fingerprint density at radius 2 is 1.95 bits per heavy atom. The smallest absolute Gasteiger partial charge is 0.354 e. The third-order valence-electron chi connectivity index (χ3n) is 2.30. The summed E-state index contributed by atoms with van der Waals surface area (Å²) >= 11 is 11.8. The van der Waals surface area contributed by atoms with Crippen molar-refractivity contribution in [3.8, 4) is 6.07 Å². The number of nitriles is 1. The van der Waals surface area contributed by atoms with Gasteiger partial charge in [-0.15, -0.1) is 0 Å². The number of methoxy groups -OCH3 is 2. The van der Waals surface area contributed by atoms with Gasteiger partial charge in [0, 0.05) is 5.02 Å². The van der Waals surface area contributed by atoms with Crippen LogP contribution in [0.2, 0.25) is 10.0 Å². The minimum absolute atomic E-state index is 0.104. The van der Waals surface area contributed by atoms with Crippen LogP contribution in [0.15, 0.2) is 23.9 Å². The zero-order valence-corrected chi connectivity index (χ0v) is 12.6. The Bertz CT molecular complexity index is 650. The van der Waals surface area contributed by atoms with Gasteiger partial charge in [0.25, 0.3) is 0 Å². The van der Waals surface area contributed by atoms with Gasteiger partial charge in [-0.3, -0.25) is 0 Å². The van der Waals surface area contributed by atoms with Crippen molar-refractivity contribution in [3.05, 3.63) is 39.5 Å². The molecule has 0 bridgehead atoms. The second-order valence-corrected chi connectivity index (χ2v) is 4.46. The fraction of sp³-hybridized carbons (Fsp3) is 0.154. The molecule has 0 spiro atoms. The largest absolute Gasteiger partial charge is 0.466 e. The number of hydrogen-bond acceptors (Lipinski definition) is 6. The normalized spacial score (nSPS) is 10.5. The molecule has 110 valence electrons. The van der Waals surface area contributed by atoms with Gasteiger partial charge in [-0.25, -0.2) is 9.59 Å². The van der Waals surface area contributed by atoms with Gasteiger partial charge in [-0.1, -0.05) is 23.2 Å². The highest BCUT2D eigenvalue weighted by molar-refractivity contribution is 6.36. The number of rotatable bonds is 4. The van der Waals surface area contributed by atoms with Crippen LogP contribution in [-0.2, 0) is 19.1 Å². The number of nitrogens with zero attached hydrogens (tertiary/aromatic N) is 1. The highest BCUT2D eigenvalue weighted by Crippen LogP contribution is 2.30. The Morgan fingerprint density at radius 3 is 2.48 bits per heavy atom. The van der Waals surface area contributed by atoms with Gasteiger partial charge in [0.1, 0.15) is 11.8 Å². The van der Waals surface area contributed by atoms with Crippen LogP contribution in [0.3, 0.4) is 0 Å². The molecule has 0 fully saturated rings. The lowest BCUT2D eigenvalue weighted by atomic mass is 10.2. The average Bonchev–Trinajstić information content (AvgIpc) is 2.47. The van der Waals surface area contributed by atoms with Crippen molar-refractivity contribution in [2.45, 2.75) is 0 Å². The summed E-state index contributed by atoms with van der Waals surface area (Å²) in [5, 5.41) is 12.0. The number of benzene rings is 1. The van der Waals surface area contributed by atoms with Crippen molar-refractivity contribution >= 4 is 40.8 Å². The second kappa shape index (κ2) is 7.53. The third-order valence-corrected chi connectivity index (χ3v) is 2.82. The maximum Gasteiger partial charge on any atom is 0.354 e. The minimum atomic E-state index is -0.824. The number of esters is 2. The highest BCUT2D eigenvalue weighted by atomic mass is 35.5. The summed E-state index contributed by atoms with van der Waals surface area (Å²) in [5.41, 5.74) is 0.00126. The first-order valence-electron chi connectivity index (χ1n) is 5.47. The van der Waals surface area contributed by atoms with E-state index in [4.69, 9.17) is 28.5 Å². The number of carbonyl (C=O) groups is 2. The van der Waals surface area contributed by atoms with Gasteiger partial charge in [-0.05, 0) is 12.1 Å². The summed E-state index contributed by atoms with van der Waals surface area (Å²) < 4.78 is 8.97. The Labute approximate surface area is 130 Å². The van der Waals surface area contributed by atoms with Crippen LogP contribution in [0, 0.1) is 11.3 Å². The number of ether oxygens (including phenoxy) is 2. The lowest BCUT2D eigenvalue weighted by Crippen LogP contribution is -2.16. The van der Waals surface area contributed by atoms with Gasteiger partial charge >= 0.3 is 11.9 Å². The van der Waals surface area contributed by atoms with Gasteiger partial charge in [-0.2, -0.15) is 5.26 Å². The molecule has 0 aliphatic rings. The molecule has 0 atom stereocenters. The SMILES string of the molecule is COC(=O)/C=C(/Nc1c(Cl)cc(Cl)cc1C#N)C(=O)OC. The molecule has 21 heavy (non-hydrogen) atoms. The molecule has 1 aromatic carbocycles. The molecular weight excluding hydrogens is 319 g/mol. The Hall–Kier alpha value is -2.23. The van der Waals surface area contributed by atoms with Crippen molar-refractivity contribution in [1.82, 2.24) is 0 Å². The first-order valence-corrected chi connectivity index (χ1v) is 6.22. The quantitative estimate of drug-likeness (QED) is 0.674. The summed E-state index contributed by atoms with van der Waals surface area (Å²) in [6.07, 6.45) is 0.887. The molecule has 1 N–H and O–H groups in total. The Kier molecular flexibility index (Phi) is 6.03. The van der Waals surface area contributed by atoms with Crippen LogP contribution >= 0.6 is 23.2 Å². The predicted octanol–water partition coefficient (Wildman–Crippen LogP) is 2.51. The van der Waals surface area contributed by atoms with E-state index >= 15 is 0 Å². The Balaban J connectivity index is 3.28. The predicted molar refractivity (Wildman–Crippen MR) is 76.9 cm³/mol. The lowest BCUT2D eigenvalue weighted by Gasteiger charge is -2.12. The van der Waals surface area contributed by atoms with E-state index in [1.165, 1.54) is 12.1 Å². The van der Waals surface area contributed by atoms with E-state index in [1.54, 1.807) is 0 Å². The van der Waals surface area contributed by atoms with Crippen LogP contribution in [-0.4, -0.2) is 26.2 Å². The molecule has 0 amide bonds. The van der Waals surface area contributed by atoms with E-state index in [2.05, 4.69) is 14.8 Å². The average molecular weight is 329 g/mol. The third kappa shape index (κ3) is 4.38. The van der Waals surface area contributed by atoms with Crippen molar-refractivity contribution in [2.75, 3.05) is 19.5 Å². The zero-order valence-electron chi connectivity index (χ0n) is 11.1. The highest BCUT2D eigenvalue weighted by Gasteiger charge is 2.17. The first kappa shape index (κ1) is 16.8. The van der Waals surface area contributed by atoms with Gasteiger partial charge in [0.2, 0.25) is 0 Å². The fourth-order valence-corrected chi connectivity index (χ4v) is 1.90. The fourth-order valence-electron chi connectivity index (χ4n) is 1.36.